The van der Waals surface area contributed by atoms with Crippen molar-refractivity contribution in [3.8, 4) is 0 Å². The molecule has 0 saturated carbocycles. The molecule has 1 unspecified atom stereocenters. The smallest absolute Gasteiger partial charge is 0.321 e. The number of aryl methyl sites for hydroxylation is 2. The zero-order valence-corrected chi connectivity index (χ0v) is 12.5. The van der Waals surface area contributed by atoms with Gasteiger partial charge in [-0.2, -0.15) is 0 Å². The topological polar surface area (TPSA) is 117 Å². The number of amides is 2. The molecule has 2 amide bonds. The van der Waals surface area contributed by atoms with Crippen molar-refractivity contribution in [2.24, 2.45) is 0 Å². The largest absolute Gasteiger partial charge is 0.481 e. The lowest BCUT2D eigenvalue weighted by atomic mass is 10.2. The summed E-state index contributed by atoms with van der Waals surface area (Å²) in [5.41, 5.74) is 1.63. The third-order valence-electron chi connectivity index (χ3n) is 2.90. The van der Waals surface area contributed by atoms with Crippen molar-refractivity contribution in [3.63, 3.8) is 0 Å². The first-order valence-electron chi connectivity index (χ1n) is 6.98. The van der Waals surface area contributed by atoms with Crippen LogP contribution in [0.1, 0.15) is 45.0 Å². The second kappa shape index (κ2) is 8.13. The minimum Gasteiger partial charge on any atom is -0.481 e. The Bertz CT molecular complexity index is 507. The molecule has 0 bridgehead atoms. The zero-order chi connectivity index (χ0) is 15.8. The Kier molecular flexibility index (Phi) is 6.51. The van der Waals surface area contributed by atoms with Crippen LogP contribution in [0, 0.1) is 0 Å². The highest BCUT2D eigenvalue weighted by Crippen LogP contribution is 2.06. The summed E-state index contributed by atoms with van der Waals surface area (Å²) in [6.07, 6.45) is 1.81. The number of carboxylic acids is 1. The van der Waals surface area contributed by atoms with Gasteiger partial charge in [-0.15, -0.1) is 10.2 Å². The Morgan fingerprint density at radius 1 is 1.19 bits per heavy atom. The van der Waals surface area contributed by atoms with Crippen LogP contribution in [-0.4, -0.2) is 38.3 Å². The second-order valence-electron chi connectivity index (χ2n) is 4.67. The molecule has 0 spiro atoms. The summed E-state index contributed by atoms with van der Waals surface area (Å²) in [4.78, 5) is 26.4. The molecule has 0 fully saturated rings. The number of carbonyl (C=O) groups excluding carboxylic acids is 1. The van der Waals surface area contributed by atoms with Gasteiger partial charge in [0.15, 0.2) is 0 Å². The highest BCUT2D eigenvalue weighted by atomic mass is 16.4. The summed E-state index contributed by atoms with van der Waals surface area (Å²) in [6.45, 7) is 5.66. The molecule has 116 valence electrons. The van der Waals surface area contributed by atoms with Crippen molar-refractivity contribution >= 4 is 17.9 Å². The molecule has 3 N–H and O–H groups in total. The SMILES string of the molecule is CCc1nnc(NC(=O)NC(C)CCC(=O)O)nc1CC. The number of hydrogen-bond acceptors (Lipinski definition) is 5. The molecule has 0 aliphatic rings. The molecule has 0 aromatic carbocycles. The van der Waals surface area contributed by atoms with Gasteiger partial charge >= 0.3 is 12.0 Å². The average molecular weight is 295 g/mol. The van der Waals surface area contributed by atoms with Gasteiger partial charge < -0.3 is 10.4 Å². The Hall–Kier alpha value is -2.25. The van der Waals surface area contributed by atoms with Crippen LogP contribution in [0.25, 0.3) is 0 Å². The van der Waals surface area contributed by atoms with Gasteiger partial charge in [0.2, 0.25) is 0 Å². The lowest BCUT2D eigenvalue weighted by Crippen LogP contribution is -2.37. The lowest BCUT2D eigenvalue weighted by Gasteiger charge is -2.13. The van der Waals surface area contributed by atoms with Crippen molar-refractivity contribution in [2.45, 2.75) is 52.5 Å². The van der Waals surface area contributed by atoms with E-state index < -0.39 is 12.0 Å². The molecule has 1 aromatic heterocycles. The number of carbonyl (C=O) groups is 2. The first kappa shape index (κ1) is 16.8. The van der Waals surface area contributed by atoms with Crippen molar-refractivity contribution in [3.05, 3.63) is 11.4 Å². The van der Waals surface area contributed by atoms with E-state index in [4.69, 9.17) is 5.11 Å². The molecule has 8 heteroatoms. The predicted molar refractivity (Wildman–Crippen MR) is 77.1 cm³/mol. The molecular formula is C13H21N5O3. The first-order chi connectivity index (χ1) is 9.96. The van der Waals surface area contributed by atoms with Crippen LogP contribution in [0.2, 0.25) is 0 Å². The van der Waals surface area contributed by atoms with Crippen molar-refractivity contribution in [2.75, 3.05) is 5.32 Å². The fourth-order valence-corrected chi connectivity index (χ4v) is 1.76. The third-order valence-corrected chi connectivity index (χ3v) is 2.90. The maximum absolute atomic E-state index is 11.7. The second-order valence-corrected chi connectivity index (χ2v) is 4.67. The van der Waals surface area contributed by atoms with E-state index in [9.17, 15) is 9.59 Å². The molecule has 1 aromatic rings. The van der Waals surface area contributed by atoms with Crippen LogP contribution < -0.4 is 10.6 Å². The van der Waals surface area contributed by atoms with Gasteiger partial charge in [-0.05, 0) is 26.2 Å². The fraction of sp³-hybridized carbons (Fsp3) is 0.615. The molecule has 1 heterocycles. The average Bonchev–Trinajstić information content (AvgIpc) is 2.44. The normalized spacial score (nSPS) is 11.8. The molecular weight excluding hydrogens is 274 g/mol. The first-order valence-corrected chi connectivity index (χ1v) is 6.98. The maximum atomic E-state index is 11.7. The number of nitrogens with zero attached hydrogens (tertiary/aromatic N) is 3. The summed E-state index contributed by atoms with van der Waals surface area (Å²) >= 11 is 0. The summed E-state index contributed by atoms with van der Waals surface area (Å²) in [7, 11) is 0. The quantitative estimate of drug-likeness (QED) is 0.699. The Morgan fingerprint density at radius 3 is 2.43 bits per heavy atom. The zero-order valence-electron chi connectivity index (χ0n) is 12.5. The molecule has 1 atom stereocenters. The van der Waals surface area contributed by atoms with E-state index in [-0.39, 0.29) is 18.4 Å². The van der Waals surface area contributed by atoms with E-state index in [1.807, 2.05) is 13.8 Å². The van der Waals surface area contributed by atoms with Crippen molar-refractivity contribution < 1.29 is 14.7 Å². The summed E-state index contributed by atoms with van der Waals surface area (Å²) in [5, 5.41) is 21.6. The minimum atomic E-state index is -0.890. The van der Waals surface area contributed by atoms with E-state index in [0.717, 1.165) is 17.8 Å². The minimum absolute atomic E-state index is 0.00464. The van der Waals surface area contributed by atoms with Gasteiger partial charge in [-0.25, -0.2) is 9.78 Å². The fourth-order valence-electron chi connectivity index (χ4n) is 1.76. The van der Waals surface area contributed by atoms with Crippen LogP contribution in [0.4, 0.5) is 10.7 Å². The Balaban J connectivity index is 2.56. The van der Waals surface area contributed by atoms with Gasteiger partial charge in [0.05, 0.1) is 11.4 Å². The van der Waals surface area contributed by atoms with Gasteiger partial charge in [0.25, 0.3) is 5.95 Å². The number of aromatic nitrogens is 3. The lowest BCUT2D eigenvalue weighted by molar-refractivity contribution is -0.137. The van der Waals surface area contributed by atoms with E-state index in [1.165, 1.54) is 0 Å². The molecule has 0 saturated heterocycles. The standard InChI is InChI=1S/C13H21N5O3/c1-4-9-10(5-2)17-18-12(15-9)16-13(21)14-8(3)6-7-11(19)20/h8H,4-7H2,1-3H3,(H,19,20)(H2,14,15,16,18,21). The highest BCUT2D eigenvalue weighted by molar-refractivity contribution is 5.87. The number of aliphatic carboxylic acids is 1. The van der Waals surface area contributed by atoms with Crippen LogP contribution >= 0.6 is 0 Å². The number of rotatable bonds is 7. The highest BCUT2D eigenvalue weighted by Gasteiger charge is 2.12. The number of carboxylic acid groups (broad SMARTS) is 1. The number of urea groups is 1. The summed E-state index contributed by atoms with van der Waals surface area (Å²) in [6, 6.07) is -0.726. The van der Waals surface area contributed by atoms with E-state index in [0.29, 0.717) is 12.8 Å². The van der Waals surface area contributed by atoms with Crippen molar-refractivity contribution in [1.82, 2.24) is 20.5 Å². The van der Waals surface area contributed by atoms with Gasteiger partial charge in [-0.3, -0.25) is 10.1 Å². The molecule has 0 aliphatic heterocycles. The van der Waals surface area contributed by atoms with Gasteiger partial charge in [-0.1, -0.05) is 13.8 Å². The maximum Gasteiger partial charge on any atom is 0.321 e. The summed E-state index contributed by atoms with van der Waals surface area (Å²) < 4.78 is 0. The van der Waals surface area contributed by atoms with E-state index in [1.54, 1.807) is 6.92 Å². The Labute approximate surface area is 123 Å². The Morgan fingerprint density at radius 2 is 1.86 bits per heavy atom. The van der Waals surface area contributed by atoms with Gasteiger partial charge in [0.1, 0.15) is 0 Å². The van der Waals surface area contributed by atoms with E-state index >= 15 is 0 Å². The van der Waals surface area contributed by atoms with Gasteiger partial charge in [0, 0.05) is 12.5 Å². The molecule has 8 nitrogen and oxygen atoms in total. The molecule has 21 heavy (non-hydrogen) atoms. The predicted octanol–water partition coefficient (Wildman–Crippen LogP) is 1.37. The summed E-state index contributed by atoms with van der Waals surface area (Å²) in [5.74, 6) is -0.744. The molecule has 0 aliphatic carbocycles. The van der Waals surface area contributed by atoms with Crippen LogP contribution in [0.15, 0.2) is 0 Å². The van der Waals surface area contributed by atoms with E-state index in [2.05, 4.69) is 25.8 Å². The van der Waals surface area contributed by atoms with Crippen LogP contribution in [0.5, 0.6) is 0 Å². The van der Waals surface area contributed by atoms with Crippen LogP contribution in [-0.2, 0) is 17.6 Å². The monoisotopic (exact) mass is 295 g/mol. The molecule has 0 radical (unpaired) electrons. The third kappa shape index (κ3) is 5.72. The van der Waals surface area contributed by atoms with Crippen molar-refractivity contribution in [1.29, 1.82) is 0 Å². The molecule has 1 rings (SSSR count). The number of nitrogens with one attached hydrogen (secondary N) is 2. The number of anilines is 1. The number of hydrogen-bond donors (Lipinski definition) is 3. The van der Waals surface area contributed by atoms with Crippen LogP contribution in [0.3, 0.4) is 0 Å².